The van der Waals surface area contributed by atoms with Crippen LogP contribution in [0.2, 0.25) is 0 Å². The van der Waals surface area contributed by atoms with Crippen LogP contribution < -0.4 is 51.9 Å². The van der Waals surface area contributed by atoms with Gasteiger partial charge in [-0.25, -0.2) is 19.2 Å². The molecule has 1 amide bonds. The average molecular weight is 1860 g/mol. The number of nitrogens with one attached hydrogen (secondary N) is 5. The third kappa shape index (κ3) is 31.6. The van der Waals surface area contributed by atoms with Gasteiger partial charge in [0.25, 0.3) is 5.91 Å². The van der Waals surface area contributed by atoms with Crippen molar-refractivity contribution in [2.24, 2.45) is 22.9 Å². The molecule has 2 unspecified atom stereocenters. The molecule has 16 N–H and O–H groups in total. The van der Waals surface area contributed by atoms with Gasteiger partial charge in [0.15, 0.2) is 0 Å². The molecule has 0 aliphatic heterocycles. The molecule has 14 rings (SSSR count). The number of nitrogens with two attached hydrogens (primary N) is 4. The number of carbonyl (C=O) groups excluding carboxylic acids is 2. The van der Waals surface area contributed by atoms with Crippen LogP contribution in [-0.4, -0.2) is 107 Å². The van der Waals surface area contributed by atoms with Crippen LogP contribution in [0.3, 0.4) is 0 Å². The number of hydrogen-bond donors (Lipinski definition) is 12. The lowest BCUT2D eigenvalue weighted by Gasteiger charge is -2.20. The third-order valence-corrected chi connectivity index (χ3v) is 22.1. The fraction of sp³-hybridized carbons (Fsp3) is 0.138. The second-order valence-electron chi connectivity index (χ2n) is 26.0. The van der Waals surface area contributed by atoms with Gasteiger partial charge in [-0.2, -0.15) is 39.5 Å². The second-order valence-corrected chi connectivity index (χ2v) is 31.3. The Kier molecular flexibility index (Phi) is 35.2. The van der Waals surface area contributed by atoms with E-state index in [0.29, 0.717) is 45.5 Å². The number of ether oxygens (including phenoxy) is 6. The maximum atomic E-state index is 13.0. The largest absolute Gasteiger partial charge is 0.573 e. The Morgan fingerprint density at radius 1 is 0.425 bits per heavy atom. The number of carboxylic acids is 3. The van der Waals surface area contributed by atoms with Crippen LogP contribution in [-0.2, 0) is 50.0 Å². The Hall–Kier alpha value is -14.1. The van der Waals surface area contributed by atoms with Gasteiger partial charge in [0.05, 0.1) is 32.2 Å². The van der Waals surface area contributed by atoms with Gasteiger partial charge in [-0.1, -0.05) is 127 Å². The summed E-state index contributed by atoms with van der Waals surface area (Å²) in [6.07, 6.45) is -19.2. The number of halogens is 12. The fourth-order valence-corrected chi connectivity index (χ4v) is 15.3. The number of fused-ring (bicyclic) bond motifs is 4. The number of thiophene rings is 5. The minimum Gasteiger partial charge on any atom is -0.489 e. The number of carboxylic acid groups (broad SMARTS) is 3. The number of amidine groups is 4. The quantitative estimate of drug-likeness (QED) is 0.0116. The molecule has 2 atom stereocenters. The number of esters is 1. The highest BCUT2D eigenvalue weighted by Gasteiger charge is 2.40. The van der Waals surface area contributed by atoms with E-state index in [9.17, 15) is 62.3 Å². The van der Waals surface area contributed by atoms with E-state index in [0.717, 1.165) is 91.1 Å². The van der Waals surface area contributed by atoms with Gasteiger partial charge in [0.2, 0.25) is 6.10 Å². The SMILES string of the molecule is COC(=O)c1cccc(COc2ccc3cc(C(=N)N)sc3c2)c1.N=C(N)c1cc2c(OC(C(=O)NCCc3cccs3)c3ccccc3)cccc2s1.N=C(N)c1cc2ccc(OC(Cc3ccccc3)c3ccccc3)cc2s1.N=C(N)c1cc2ccc(OCc3cccc(OC(F)(F)F)c3)cc2s1.O=C(O)C(F)(F)F.O=C(O)C(F)(F)F.O=C(O)C(F)(F)F. The molecule has 0 radical (unpaired) electrons. The van der Waals surface area contributed by atoms with Crippen molar-refractivity contribution in [3.05, 3.63) is 312 Å². The van der Waals surface area contributed by atoms with Crippen molar-refractivity contribution < 1.29 is 120 Å². The van der Waals surface area contributed by atoms with E-state index in [1.54, 1.807) is 41.7 Å². The first-order valence-electron chi connectivity index (χ1n) is 36.5. The van der Waals surface area contributed by atoms with Gasteiger partial charge < -0.3 is 72.0 Å². The molecule has 127 heavy (non-hydrogen) atoms. The summed E-state index contributed by atoms with van der Waals surface area (Å²) >= 11 is 7.47. The standard InChI is InChI=1S/C23H21N3O2S2.C23H20N2OS.C18H16N2O3S.C17H13F3N2O2S.3C2HF3O2/c24-22(25)20-14-17-18(9-4-10-19(17)30-20)28-21(15-6-2-1-3-7-15)23(27)26-12-11-16-8-5-13-29-16;24-23(25)22-14-18-11-12-19(15-21(18)27-22)26-20(17-9-5-2-6-10-17)13-16-7-3-1-4-8-16;1-22-18(21)13-4-2-3-11(7-13)10-23-14-6-5-12-8-16(17(19)20)24-15(12)9-14;18-17(19,20)24-13-3-1-2-10(6-13)9-23-12-5-4-11-7-15(16(21)22)25-14(11)8-12;3*3-2(4,5)1(6)7/h1-10,13-14,21H,11-12H2,(H3,24,25)(H,26,27);1-12,14-15,20H,13H2,(H3,24,25);2-9H,10H2,1H3,(H3,19,20);1-8H,9H2,(H3,21,22);3*(H,6,7). The first-order valence-corrected chi connectivity index (χ1v) is 40.6. The Bertz CT molecular complexity index is 6060. The van der Waals surface area contributed by atoms with Crippen LogP contribution in [0.25, 0.3) is 40.3 Å². The molecule has 0 spiro atoms. The Balaban J connectivity index is 0.000000195. The van der Waals surface area contributed by atoms with Crippen LogP contribution in [0.4, 0.5) is 52.7 Å². The number of benzene rings is 9. The lowest BCUT2D eigenvalue weighted by atomic mass is 10.0. The minimum atomic E-state index is -5.08. The Morgan fingerprint density at radius 3 is 1.29 bits per heavy atom. The number of alkyl halides is 12. The predicted octanol–water partition coefficient (Wildman–Crippen LogP) is 20.4. The van der Waals surface area contributed by atoms with E-state index < -0.39 is 48.9 Å². The first kappa shape index (κ1) is 98.3. The second kappa shape index (κ2) is 45.5. The third-order valence-electron chi connectivity index (χ3n) is 16.6. The zero-order valence-electron chi connectivity index (χ0n) is 65.7. The molecule has 5 aromatic heterocycles. The average Bonchev–Trinajstić information content (AvgIpc) is 1.65. The summed E-state index contributed by atoms with van der Waals surface area (Å²) in [6, 6.07) is 77.4. The first-order chi connectivity index (χ1) is 60.0. The van der Waals surface area contributed by atoms with Crippen LogP contribution >= 0.6 is 56.7 Å². The van der Waals surface area contributed by atoms with Crippen LogP contribution in [0.15, 0.2) is 254 Å². The van der Waals surface area contributed by atoms with E-state index in [1.165, 1.54) is 81.1 Å². The lowest BCUT2D eigenvalue weighted by molar-refractivity contribution is -0.274. The summed E-state index contributed by atoms with van der Waals surface area (Å²) in [4.78, 5) is 55.4. The van der Waals surface area contributed by atoms with E-state index >= 15 is 0 Å². The normalized spacial score (nSPS) is 11.5. The highest BCUT2D eigenvalue weighted by atomic mass is 32.1. The van der Waals surface area contributed by atoms with E-state index in [1.807, 2.05) is 163 Å². The molecule has 0 saturated heterocycles. The lowest BCUT2D eigenvalue weighted by Crippen LogP contribution is -2.33. The highest BCUT2D eigenvalue weighted by Crippen LogP contribution is 2.38. The minimum absolute atomic E-state index is 0.00477. The predicted molar refractivity (Wildman–Crippen MR) is 463 cm³/mol. The van der Waals surface area contributed by atoms with E-state index in [-0.39, 0.29) is 53.7 Å². The van der Waals surface area contributed by atoms with E-state index in [4.69, 9.17) is 98.0 Å². The van der Waals surface area contributed by atoms with Gasteiger partial charge in [0, 0.05) is 47.6 Å². The smallest absolute Gasteiger partial charge is 0.489 e. The molecule has 9 aromatic carbocycles. The van der Waals surface area contributed by atoms with Crippen molar-refractivity contribution in [2.45, 2.75) is 63.2 Å². The number of amides is 1. The maximum absolute atomic E-state index is 13.0. The summed E-state index contributed by atoms with van der Waals surface area (Å²) in [7, 11) is 1.36. The molecule has 0 fully saturated rings. The van der Waals surface area contributed by atoms with E-state index in [2.05, 4.69) is 52.5 Å². The summed E-state index contributed by atoms with van der Waals surface area (Å²) in [5.74, 6) is -6.19. The van der Waals surface area contributed by atoms with Gasteiger partial charge in [0.1, 0.15) is 71.4 Å². The number of hydrogen-bond acceptors (Lipinski definition) is 20. The number of methoxy groups -OCH3 is 1. The number of rotatable bonds is 24. The van der Waals surface area contributed by atoms with Crippen molar-refractivity contribution >= 4 is 150 Å². The maximum Gasteiger partial charge on any atom is 0.573 e. The topological polar surface area (TPSA) is 413 Å². The summed E-state index contributed by atoms with van der Waals surface area (Å²) < 4.78 is 169. The zero-order chi connectivity index (χ0) is 92.9. The van der Waals surface area contributed by atoms with Gasteiger partial charge in [-0.3, -0.25) is 26.4 Å². The van der Waals surface area contributed by atoms with Crippen LogP contribution in [0, 0.1) is 21.6 Å². The molecule has 664 valence electrons. The molecule has 0 aliphatic carbocycles. The summed E-state index contributed by atoms with van der Waals surface area (Å²) in [5.41, 5.74) is 27.4. The number of aliphatic carboxylic acids is 3. The molecule has 14 aromatic rings. The molecule has 40 heteroatoms. The van der Waals surface area contributed by atoms with Crippen molar-refractivity contribution in [3.63, 3.8) is 0 Å². The van der Waals surface area contributed by atoms with Crippen molar-refractivity contribution in [3.8, 4) is 28.7 Å². The van der Waals surface area contributed by atoms with Gasteiger partial charge >= 0.3 is 48.8 Å². The Morgan fingerprint density at radius 2 is 0.843 bits per heavy atom. The molecular weight excluding hydrogens is 1780 g/mol. The monoisotopic (exact) mass is 1860 g/mol. The molecule has 0 aliphatic rings. The van der Waals surface area contributed by atoms with Gasteiger partial charge in [-0.15, -0.1) is 69.9 Å². The van der Waals surface area contributed by atoms with Crippen molar-refractivity contribution in [2.75, 3.05) is 13.7 Å². The summed E-state index contributed by atoms with van der Waals surface area (Å²) in [6.45, 7) is 0.996. The molecular formula is C87H73F12N9O14S5. The molecule has 0 bridgehead atoms. The highest BCUT2D eigenvalue weighted by molar-refractivity contribution is 7.22. The van der Waals surface area contributed by atoms with Crippen molar-refractivity contribution in [1.29, 1.82) is 21.6 Å². The van der Waals surface area contributed by atoms with Crippen LogP contribution in [0.1, 0.15) is 74.8 Å². The molecule has 0 saturated carbocycles. The Labute approximate surface area is 733 Å². The fourth-order valence-electron chi connectivity index (χ4n) is 10.8. The number of carbonyl (C=O) groups is 5. The zero-order valence-corrected chi connectivity index (χ0v) is 69.7. The molecule has 23 nitrogen and oxygen atoms in total. The van der Waals surface area contributed by atoms with Crippen LogP contribution in [0.5, 0.6) is 28.7 Å². The molecule has 5 heterocycles. The van der Waals surface area contributed by atoms with Crippen molar-refractivity contribution in [1.82, 2.24) is 5.32 Å². The number of nitrogen functional groups attached to an aromatic ring is 4. The summed E-state index contributed by atoms with van der Waals surface area (Å²) in [5, 5.41) is 60.6. The van der Waals surface area contributed by atoms with Gasteiger partial charge in [-0.05, 0) is 172 Å².